The molecule has 1 aliphatic rings. The number of rotatable bonds is 8. The van der Waals surface area contributed by atoms with Gasteiger partial charge in [0.2, 0.25) is 15.8 Å². The number of Topliss-reactive ketones (excluding diaryl/α,β-unsaturated/α-hetero) is 1. The fraction of sp³-hybridized carbons (Fsp3) is 0.292. The van der Waals surface area contributed by atoms with Crippen molar-refractivity contribution in [1.29, 1.82) is 0 Å². The maximum absolute atomic E-state index is 12.9. The Morgan fingerprint density at radius 2 is 1.97 bits per heavy atom. The molecule has 1 aromatic heterocycles. The van der Waals surface area contributed by atoms with Gasteiger partial charge in [-0.3, -0.25) is 9.52 Å². The van der Waals surface area contributed by atoms with Crippen LogP contribution in [0, 0.1) is 0 Å². The van der Waals surface area contributed by atoms with Crippen molar-refractivity contribution < 1.29 is 22.7 Å². The first-order valence-electron chi connectivity index (χ1n) is 10.5. The highest BCUT2D eigenvalue weighted by atomic mass is 32.2. The summed E-state index contributed by atoms with van der Waals surface area (Å²) in [7, 11) is 2.28. The number of nitrogens with one attached hydrogen (secondary N) is 1. The first-order chi connectivity index (χ1) is 15.6. The lowest BCUT2D eigenvalue weighted by molar-refractivity contribution is 0.101. The van der Waals surface area contributed by atoms with Crippen molar-refractivity contribution in [2.45, 2.75) is 13.0 Å². The Kier molecular flexibility index (Phi) is 6.18. The minimum Gasteiger partial charge on any atom is -0.497 e. The quantitative estimate of drug-likeness (QED) is 0.507. The van der Waals surface area contributed by atoms with Gasteiger partial charge in [0, 0.05) is 35.3 Å². The second-order valence-electron chi connectivity index (χ2n) is 8.34. The first kappa shape index (κ1) is 22.9. The molecule has 33 heavy (non-hydrogen) atoms. The fourth-order valence-electron chi connectivity index (χ4n) is 3.89. The van der Waals surface area contributed by atoms with E-state index < -0.39 is 10.0 Å². The van der Waals surface area contributed by atoms with Gasteiger partial charge in [0.15, 0.2) is 5.76 Å². The third kappa shape index (κ3) is 5.04. The predicted molar refractivity (Wildman–Crippen MR) is 130 cm³/mol. The molecule has 0 radical (unpaired) electrons. The van der Waals surface area contributed by atoms with Gasteiger partial charge in [0.1, 0.15) is 11.5 Å². The van der Waals surface area contributed by atoms with E-state index in [1.54, 1.807) is 25.3 Å². The molecule has 4 rings (SSSR count). The normalized spacial score (nSPS) is 14.7. The van der Waals surface area contributed by atoms with E-state index in [2.05, 4.69) is 14.2 Å². The summed E-state index contributed by atoms with van der Waals surface area (Å²) in [5, 5.41) is 0.957. The Hall–Kier alpha value is -3.30. The summed E-state index contributed by atoms with van der Waals surface area (Å²) in [6, 6.07) is 10.5. The maximum Gasteiger partial charge on any atom is 0.231 e. The van der Waals surface area contributed by atoms with Crippen LogP contribution in [0.1, 0.15) is 22.3 Å². The van der Waals surface area contributed by atoms with Crippen LogP contribution in [0.2, 0.25) is 0 Å². The van der Waals surface area contributed by atoms with E-state index in [9.17, 15) is 13.2 Å². The summed E-state index contributed by atoms with van der Waals surface area (Å²) >= 11 is 0. The number of fused-ring (bicyclic) bond motifs is 2. The van der Waals surface area contributed by atoms with Crippen LogP contribution in [0.4, 0.5) is 5.69 Å². The van der Waals surface area contributed by atoms with E-state index in [0.29, 0.717) is 17.0 Å². The van der Waals surface area contributed by atoms with Gasteiger partial charge in [-0.1, -0.05) is 0 Å². The lowest BCUT2D eigenvalue weighted by Crippen LogP contribution is -2.14. The Labute approximate surface area is 193 Å². The van der Waals surface area contributed by atoms with E-state index in [-0.39, 0.29) is 11.5 Å². The molecule has 0 atom stereocenters. The van der Waals surface area contributed by atoms with Gasteiger partial charge in [0.05, 0.1) is 24.6 Å². The minimum absolute atomic E-state index is 0.191. The zero-order chi connectivity index (χ0) is 23.8. The summed E-state index contributed by atoms with van der Waals surface area (Å²) in [5.41, 5.74) is 2.63. The molecule has 8 nitrogen and oxygen atoms in total. The summed E-state index contributed by atoms with van der Waals surface area (Å²) in [6.07, 6.45) is 5.80. The molecule has 0 amide bonds. The summed E-state index contributed by atoms with van der Waals surface area (Å²) in [6.45, 7) is 1.80. The number of carbonyl (C=O) groups excluding carboxylic acids is 1. The lowest BCUT2D eigenvalue weighted by atomic mass is 10.1. The molecule has 174 valence electrons. The van der Waals surface area contributed by atoms with Gasteiger partial charge < -0.3 is 18.9 Å². The molecule has 0 saturated carbocycles. The zero-order valence-corrected chi connectivity index (χ0v) is 19.9. The molecule has 1 N–H and O–H groups in total. The van der Waals surface area contributed by atoms with Gasteiger partial charge in [-0.15, -0.1) is 0 Å². The first-order valence-corrected chi connectivity index (χ1v) is 12.4. The molecular formula is C24H27N3O5S. The fourth-order valence-corrected chi connectivity index (χ4v) is 4.45. The minimum atomic E-state index is -3.43. The molecule has 0 spiro atoms. The van der Waals surface area contributed by atoms with E-state index in [0.717, 1.165) is 48.0 Å². The van der Waals surface area contributed by atoms with E-state index >= 15 is 0 Å². The second-order valence-corrected chi connectivity index (χ2v) is 10.1. The van der Waals surface area contributed by atoms with Gasteiger partial charge in [-0.05, 0) is 63.5 Å². The third-order valence-electron chi connectivity index (χ3n) is 5.38. The number of nitrogens with zero attached hydrogens (tertiary/aromatic N) is 2. The van der Waals surface area contributed by atoms with Crippen molar-refractivity contribution in [2.75, 3.05) is 38.7 Å². The number of aryl methyl sites for hydroxylation is 1. The van der Waals surface area contributed by atoms with Crippen LogP contribution in [-0.2, 0) is 16.6 Å². The van der Waals surface area contributed by atoms with E-state index in [1.165, 1.54) is 6.07 Å². The van der Waals surface area contributed by atoms with Crippen molar-refractivity contribution in [3.63, 3.8) is 0 Å². The molecule has 0 saturated heterocycles. The summed E-state index contributed by atoms with van der Waals surface area (Å²) in [5.74, 6) is 1.00. The number of ether oxygens (including phenoxy) is 2. The molecule has 9 heteroatoms. The van der Waals surface area contributed by atoms with Crippen molar-refractivity contribution in [3.8, 4) is 11.5 Å². The Morgan fingerprint density at radius 1 is 1.18 bits per heavy atom. The monoisotopic (exact) mass is 469 g/mol. The van der Waals surface area contributed by atoms with Gasteiger partial charge in [0.25, 0.3) is 0 Å². The smallest absolute Gasteiger partial charge is 0.231 e. The highest BCUT2D eigenvalue weighted by Gasteiger charge is 2.28. The standard InChI is InChI=1S/C24H27N3O5S/c1-26(2)10-5-11-27-15-16(20-14-18(31-3)7-9-21(20)27)12-23-24(28)19-8-6-17(13-22(19)32-23)25-33(4,29)30/h6-9,12-15,25H,5,10-11H2,1-4H3/b23-12-. The zero-order valence-electron chi connectivity index (χ0n) is 19.1. The van der Waals surface area contributed by atoms with Crippen molar-refractivity contribution in [3.05, 3.63) is 59.5 Å². The number of allylic oxidation sites excluding steroid dienone is 1. The largest absolute Gasteiger partial charge is 0.497 e. The van der Waals surface area contributed by atoms with Crippen LogP contribution in [-0.4, -0.2) is 57.7 Å². The van der Waals surface area contributed by atoms with Gasteiger partial charge in [-0.25, -0.2) is 8.42 Å². The Balaban J connectivity index is 1.69. The molecule has 1 aliphatic heterocycles. The van der Waals surface area contributed by atoms with Crippen molar-refractivity contribution in [2.24, 2.45) is 0 Å². The molecule has 0 unspecified atom stereocenters. The predicted octanol–water partition coefficient (Wildman–Crippen LogP) is 3.59. The van der Waals surface area contributed by atoms with Gasteiger partial charge >= 0.3 is 0 Å². The summed E-state index contributed by atoms with van der Waals surface area (Å²) in [4.78, 5) is 15.1. The lowest BCUT2D eigenvalue weighted by Gasteiger charge is -2.10. The number of hydrogen-bond acceptors (Lipinski definition) is 6. The van der Waals surface area contributed by atoms with Gasteiger partial charge in [-0.2, -0.15) is 0 Å². The third-order valence-corrected chi connectivity index (χ3v) is 5.99. The number of hydrogen-bond donors (Lipinski definition) is 1. The molecule has 0 bridgehead atoms. The molecular weight excluding hydrogens is 442 g/mol. The number of methoxy groups -OCH3 is 1. The summed E-state index contributed by atoms with van der Waals surface area (Å²) < 4.78 is 38.8. The highest BCUT2D eigenvalue weighted by molar-refractivity contribution is 7.92. The topological polar surface area (TPSA) is 89.9 Å². The number of sulfonamides is 1. The number of aromatic nitrogens is 1. The van der Waals surface area contributed by atoms with Crippen LogP contribution in [0.3, 0.4) is 0 Å². The molecule has 3 aromatic rings. The van der Waals surface area contributed by atoms with Crippen molar-refractivity contribution in [1.82, 2.24) is 9.47 Å². The second kappa shape index (κ2) is 8.92. The molecule has 0 aliphatic carbocycles. The maximum atomic E-state index is 12.9. The van der Waals surface area contributed by atoms with Crippen LogP contribution < -0.4 is 14.2 Å². The SMILES string of the molecule is COc1ccc2c(c1)c(/C=C1\Oc3cc(NS(C)(=O)=O)ccc3C1=O)cn2CCCN(C)C. The highest BCUT2D eigenvalue weighted by Crippen LogP contribution is 2.36. The van der Waals surface area contributed by atoms with Crippen LogP contribution >= 0.6 is 0 Å². The van der Waals surface area contributed by atoms with Crippen molar-refractivity contribution >= 4 is 38.5 Å². The number of benzene rings is 2. The number of ketones is 1. The number of carbonyl (C=O) groups is 1. The molecule has 2 aromatic carbocycles. The van der Waals surface area contributed by atoms with E-state index in [4.69, 9.17) is 9.47 Å². The molecule has 0 fully saturated rings. The van der Waals surface area contributed by atoms with E-state index in [1.807, 2.05) is 38.5 Å². The number of anilines is 1. The average Bonchev–Trinajstić information content (AvgIpc) is 3.23. The average molecular weight is 470 g/mol. The molecule has 2 heterocycles. The van der Waals surface area contributed by atoms with Crippen LogP contribution in [0.15, 0.2) is 48.4 Å². The van der Waals surface area contributed by atoms with Crippen LogP contribution in [0.25, 0.3) is 17.0 Å². The Morgan fingerprint density at radius 3 is 2.67 bits per heavy atom. The Bertz CT molecular complexity index is 1360. The van der Waals surface area contributed by atoms with Crippen LogP contribution in [0.5, 0.6) is 11.5 Å².